The maximum Gasteiger partial charge on any atom is 0.238 e. The molecule has 312 valence electrons. The fourth-order valence-electron chi connectivity index (χ4n) is 9.60. The van der Waals surface area contributed by atoms with E-state index in [0.717, 1.165) is 88.3 Å². The van der Waals surface area contributed by atoms with Crippen LogP contribution in [-0.4, -0.2) is 19.5 Å². The summed E-state index contributed by atoms with van der Waals surface area (Å²) in [4.78, 5) is 16.0. The number of rotatable bonds is 6. The molecular formula is C61H42N4O. The molecule has 0 atom stereocenters. The van der Waals surface area contributed by atoms with E-state index in [4.69, 9.17) is 19.4 Å². The molecule has 0 unspecified atom stereocenters. The van der Waals surface area contributed by atoms with E-state index in [1.807, 2.05) is 26.0 Å². The van der Waals surface area contributed by atoms with Gasteiger partial charge in [0.25, 0.3) is 0 Å². The minimum absolute atomic E-state index is 0.544. The molecular weight excluding hydrogens is 805 g/mol. The summed E-state index contributed by atoms with van der Waals surface area (Å²) in [5.74, 6) is 1.74. The zero-order valence-electron chi connectivity index (χ0n) is 36.5. The monoisotopic (exact) mass is 846 g/mol. The van der Waals surface area contributed by atoms with Gasteiger partial charge in [-0.1, -0.05) is 208 Å². The summed E-state index contributed by atoms with van der Waals surface area (Å²) in [7, 11) is 0. The van der Waals surface area contributed by atoms with Crippen LogP contribution in [0.15, 0.2) is 223 Å². The van der Waals surface area contributed by atoms with Gasteiger partial charge in [0.15, 0.2) is 11.6 Å². The molecule has 0 fully saturated rings. The van der Waals surface area contributed by atoms with Gasteiger partial charge in [0.05, 0.1) is 11.0 Å². The molecule has 66 heavy (non-hydrogen) atoms. The highest BCUT2D eigenvalue weighted by atomic mass is 16.3. The van der Waals surface area contributed by atoms with Crippen molar-refractivity contribution in [3.8, 4) is 62.1 Å². The van der Waals surface area contributed by atoms with Crippen LogP contribution in [0.2, 0.25) is 0 Å². The third kappa shape index (κ3) is 6.51. The van der Waals surface area contributed by atoms with Gasteiger partial charge in [-0.15, -0.1) is 0 Å². The molecule has 3 heterocycles. The Morgan fingerprint density at radius 3 is 1.45 bits per heavy atom. The lowest BCUT2D eigenvalue weighted by molar-refractivity contribution is 0.669. The first kappa shape index (κ1) is 39.0. The quantitative estimate of drug-likeness (QED) is 0.167. The summed E-state index contributed by atoms with van der Waals surface area (Å²) in [6.07, 6.45) is 0. The molecule has 0 radical (unpaired) electrons. The van der Waals surface area contributed by atoms with Crippen LogP contribution in [0.1, 0.15) is 13.8 Å². The van der Waals surface area contributed by atoms with Crippen molar-refractivity contribution in [1.82, 2.24) is 19.5 Å². The van der Waals surface area contributed by atoms with E-state index < -0.39 is 0 Å². The number of furan rings is 1. The maximum absolute atomic E-state index is 6.47. The van der Waals surface area contributed by atoms with E-state index in [2.05, 4.69) is 211 Å². The molecule has 13 rings (SSSR count). The molecule has 0 saturated heterocycles. The SMILES string of the molecule is CC.c1ccc(-c2ccc(-c3nc(-c4ccc(-c5ccccc5)cc4)nc(-n4c5ccc6ccccc6c5c5cccc(-c6ccc7oc8ccc9ccccc9c8c7c6)c54)n3)cc2)cc1. The zero-order chi connectivity index (χ0) is 44.1. The van der Waals surface area contributed by atoms with Crippen molar-refractivity contribution in [3.63, 3.8) is 0 Å². The first-order chi connectivity index (χ1) is 32.7. The van der Waals surface area contributed by atoms with E-state index in [-0.39, 0.29) is 0 Å². The van der Waals surface area contributed by atoms with Crippen molar-refractivity contribution >= 4 is 65.3 Å². The average molecular weight is 847 g/mol. The van der Waals surface area contributed by atoms with E-state index in [0.29, 0.717) is 17.6 Å². The molecule has 0 bridgehead atoms. The molecule has 13 aromatic rings. The zero-order valence-corrected chi connectivity index (χ0v) is 36.5. The van der Waals surface area contributed by atoms with Crippen molar-refractivity contribution in [1.29, 1.82) is 0 Å². The highest BCUT2D eigenvalue weighted by molar-refractivity contribution is 6.24. The third-order valence-corrected chi connectivity index (χ3v) is 12.7. The number of hydrogen-bond acceptors (Lipinski definition) is 4. The number of nitrogens with zero attached hydrogens (tertiary/aromatic N) is 4. The highest BCUT2D eigenvalue weighted by Crippen LogP contribution is 2.43. The van der Waals surface area contributed by atoms with Crippen molar-refractivity contribution in [2.75, 3.05) is 0 Å². The van der Waals surface area contributed by atoms with Crippen LogP contribution >= 0.6 is 0 Å². The molecule has 0 amide bonds. The standard InChI is InChI=1S/C59H36N4O.C2H6/c1-3-12-37(13-4-1)39-22-26-43(27-23-39)57-60-58(44-28-24-40(25-29-44)38-14-5-2-6-15-38)62-59(61-57)63-51-33-30-41-16-7-9-18-46(41)54(51)49-21-11-20-48(56(49)63)45-32-34-52-50(36-45)55-47-19-10-8-17-42(47)31-35-53(55)64-52;1-2/h1-36H;1-2H3. The van der Waals surface area contributed by atoms with Crippen LogP contribution in [0.4, 0.5) is 0 Å². The molecule has 0 aliphatic rings. The number of benzene rings is 10. The minimum atomic E-state index is 0.544. The average Bonchev–Trinajstić information content (AvgIpc) is 3.96. The van der Waals surface area contributed by atoms with Crippen molar-refractivity contribution < 1.29 is 4.42 Å². The second kappa shape index (κ2) is 16.2. The van der Waals surface area contributed by atoms with Crippen molar-refractivity contribution in [2.45, 2.75) is 13.8 Å². The third-order valence-electron chi connectivity index (χ3n) is 12.7. The molecule has 0 spiro atoms. The van der Waals surface area contributed by atoms with Gasteiger partial charge in [0.2, 0.25) is 5.95 Å². The molecule has 3 aromatic heterocycles. The minimum Gasteiger partial charge on any atom is -0.456 e. The van der Waals surface area contributed by atoms with Gasteiger partial charge in [-0.2, -0.15) is 9.97 Å². The lowest BCUT2D eigenvalue weighted by atomic mass is 9.97. The Bertz CT molecular complexity index is 3830. The number of hydrogen-bond donors (Lipinski definition) is 0. The summed E-state index contributed by atoms with van der Waals surface area (Å²) in [6.45, 7) is 4.00. The Morgan fingerprint density at radius 1 is 0.348 bits per heavy atom. The second-order valence-electron chi connectivity index (χ2n) is 16.4. The number of aromatic nitrogens is 4. The molecule has 0 aliphatic carbocycles. The van der Waals surface area contributed by atoms with E-state index in [1.165, 1.54) is 21.5 Å². The van der Waals surface area contributed by atoms with Crippen LogP contribution in [0.25, 0.3) is 127 Å². The molecule has 5 nitrogen and oxygen atoms in total. The second-order valence-corrected chi connectivity index (χ2v) is 16.4. The van der Waals surface area contributed by atoms with Gasteiger partial charge in [-0.3, -0.25) is 4.57 Å². The van der Waals surface area contributed by atoms with Gasteiger partial charge in [-0.05, 0) is 73.6 Å². The van der Waals surface area contributed by atoms with E-state index in [9.17, 15) is 0 Å². The smallest absolute Gasteiger partial charge is 0.238 e. The van der Waals surface area contributed by atoms with Gasteiger partial charge >= 0.3 is 0 Å². The summed E-state index contributed by atoms with van der Waals surface area (Å²) in [5, 5.41) is 9.18. The Hall–Kier alpha value is -8.67. The first-order valence-electron chi connectivity index (χ1n) is 22.6. The summed E-state index contributed by atoms with van der Waals surface area (Å²) >= 11 is 0. The van der Waals surface area contributed by atoms with Crippen LogP contribution < -0.4 is 0 Å². The molecule has 0 saturated carbocycles. The Labute approximate surface area is 381 Å². The maximum atomic E-state index is 6.47. The fourth-order valence-corrected chi connectivity index (χ4v) is 9.60. The molecule has 0 aliphatic heterocycles. The largest absolute Gasteiger partial charge is 0.456 e. The van der Waals surface area contributed by atoms with Gasteiger partial charge in [0.1, 0.15) is 11.2 Å². The van der Waals surface area contributed by atoms with Crippen LogP contribution in [0.3, 0.4) is 0 Å². The predicted octanol–water partition coefficient (Wildman–Crippen LogP) is 16.5. The lowest BCUT2D eigenvalue weighted by Crippen LogP contribution is -2.07. The predicted molar refractivity (Wildman–Crippen MR) is 275 cm³/mol. The summed E-state index contributed by atoms with van der Waals surface area (Å²) in [6, 6.07) is 76.9. The lowest BCUT2D eigenvalue weighted by Gasteiger charge is -2.13. The molecule has 0 N–H and O–H groups in total. The van der Waals surface area contributed by atoms with Crippen LogP contribution in [0.5, 0.6) is 0 Å². The summed E-state index contributed by atoms with van der Waals surface area (Å²) < 4.78 is 8.73. The van der Waals surface area contributed by atoms with E-state index in [1.54, 1.807) is 0 Å². The molecule has 10 aromatic carbocycles. The van der Waals surface area contributed by atoms with Crippen LogP contribution in [-0.2, 0) is 0 Å². The summed E-state index contributed by atoms with van der Waals surface area (Å²) in [5.41, 5.74) is 12.3. The van der Waals surface area contributed by atoms with Gasteiger partial charge < -0.3 is 4.42 Å². The Balaban J connectivity index is 0.00000225. The topological polar surface area (TPSA) is 56.7 Å². The van der Waals surface area contributed by atoms with Gasteiger partial charge in [-0.25, -0.2) is 4.98 Å². The van der Waals surface area contributed by atoms with Crippen LogP contribution in [0, 0.1) is 0 Å². The first-order valence-corrected chi connectivity index (χ1v) is 22.6. The van der Waals surface area contributed by atoms with Crippen molar-refractivity contribution in [2.24, 2.45) is 0 Å². The van der Waals surface area contributed by atoms with Gasteiger partial charge in [0, 0.05) is 38.2 Å². The fraction of sp³-hybridized carbons (Fsp3) is 0.0328. The van der Waals surface area contributed by atoms with E-state index >= 15 is 0 Å². The Morgan fingerprint density at radius 2 is 0.833 bits per heavy atom. The molecule has 5 heteroatoms. The highest BCUT2D eigenvalue weighted by Gasteiger charge is 2.23. The normalized spacial score (nSPS) is 11.5. The number of fused-ring (bicyclic) bond motifs is 10. The van der Waals surface area contributed by atoms with Crippen molar-refractivity contribution in [3.05, 3.63) is 218 Å². The Kier molecular flexibility index (Phi) is 9.53. The number of para-hydroxylation sites is 1.